The molecule has 1 saturated heterocycles. The molecule has 1 aromatic rings. The summed E-state index contributed by atoms with van der Waals surface area (Å²) in [4.78, 5) is 16.2. The van der Waals surface area contributed by atoms with E-state index in [-0.39, 0.29) is 12.5 Å². The van der Waals surface area contributed by atoms with Gasteiger partial charge in [0.25, 0.3) is 0 Å². The first-order valence-electron chi connectivity index (χ1n) is 7.05. The molecule has 0 aromatic heterocycles. The summed E-state index contributed by atoms with van der Waals surface area (Å²) in [5.74, 6) is 0.171. The van der Waals surface area contributed by atoms with Gasteiger partial charge in [-0.3, -0.25) is 4.79 Å². The standard InChI is InChI=1S/C15H23N3O2/c1-17-6-8-18(9-7-17)15(20)11-16-10-13-2-4-14(12-19)5-3-13/h2-5,16,19H,6-12H2,1H3. The smallest absolute Gasteiger partial charge is 0.236 e. The van der Waals surface area contributed by atoms with Gasteiger partial charge >= 0.3 is 0 Å². The van der Waals surface area contributed by atoms with E-state index >= 15 is 0 Å². The minimum atomic E-state index is 0.0651. The number of amides is 1. The van der Waals surface area contributed by atoms with Crippen LogP contribution in [0.15, 0.2) is 24.3 Å². The molecule has 0 radical (unpaired) electrons. The van der Waals surface area contributed by atoms with Crippen LogP contribution < -0.4 is 5.32 Å². The zero-order valence-corrected chi connectivity index (χ0v) is 12.0. The van der Waals surface area contributed by atoms with Crippen molar-refractivity contribution in [2.24, 2.45) is 0 Å². The van der Waals surface area contributed by atoms with Gasteiger partial charge in [-0.1, -0.05) is 24.3 Å². The van der Waals surface area contributed by atoms with Crippen molar-refractivity contribution in [1.29, 1.82) is 0 Å². The number of carbonyl (C=O) groups is 1. The molecule has 0 unspecified atom stereocenters. The lowest BCUT2D eigenvalue weighted by atomic mass is 10.1. The van der Waals surface area contributed by atoms with Crippen molar-refractivity contribution in [3.05, 3.63) is 35.4 Å². The lowest BCUT2D eigenvalue weighted by Crippen LogP contribution is -2.49. The molecule has 0 aliphatic carbocycles. The van der Waals surface area contributed by atoms with E-state index in [1.807, 2.05) is 29.2 Å². The Morgan fingerprint density at radius 1 is 1.15 bits per heavy atom. The van der Waals surface area contributed by atoms with Crippen molar-refractivity contribution in [2.45, 2.75) is 13.2 Å². The van der Waals surface area contributed by atoms with Gasteiger partial charge in [0.2, 0.25) is 5.91 Å². The predicted octanol–water partition coefficient (Wildman–Crippen LogP) is 0.0425. The summed E-state index contributed by atoms with van der Waals surface area (Å²) in [5, 5.41) is 12.2. The Kier molecular flexibility index (Phi) is 5.52. The van der Waals surface area contributed by atoms with Crippen LogP contribution in [0.2, 0.25) is 0 Å². The van der Waals surface area contributed by atoms with Gasteiger partial charge in [-0.15, -0.1) is 0 Å². The highest BCUT2D eigenvalue weighted by molar-refractivity contribution is 5.78. The monoisotopic (exact) mass is 277 g/mol. The first-order chi connectivity index (χ1) is 9.69. The fourth-order valence-electron chi connectivity index (χ4n) is 2.24. The summed E-state index contributed by atoms with van der Waals surface area (Å²) < 4.78 is 0. The topological polar surface area (TPSA) is 55.8 Å². The quantitative estimate of drug-likeness (QED) is 0.798. The number of aliphatic hydroxyl groups is 1. The van der Waals surface area contributed by atoms with Gasteiger partial charge in [0.15, 0.2) is 0 Å². The Morgan fingerprint density at radius 3 is 2.35 bits per heavy atom. The van der Waals surface area contributed by atoms with Gasteiger partial charge in [0.1, 0.15) is 0 Å². The minimum absolute atomic E-state index is 0.0651. The molecular weight excluding hydrogens is 254 g/mol. The van der Waals surface area contributed by atoms with Crippen molar-refractivity contribution >= 4 is 5.91 Å². The molecule has 2 N–H and O–H groups in total. The van der Waals surface area contributed by atoms with Crippen LogP contribution in [0.5, 0.6) is 0 Å². The van der Waals surface area contributed by atoms with E-state index in [0.717, 1.165) is 37.3 Å². The number of rotatable bonds is 5. The molecule has 0 saturated carbocycles. The van der Waals surface area contributed by atoms with Gasteiger partial charge in [0.05, 0.1) is 13.2 Å². The molecule has 0 bridgehead atoms. The number of piperazine rings is 1. The molecule has 0 spiro atoms. The zero-order chi connectivity index (χ0) is 14.4. The lowest BCUT2D eigenvalue weighted by molar-refractivity contribution is -0.131. The average Bonchev–Trinajstić information content (AvgIpc) is 2.48. The molecule has 1 aliphatic heterocycles. The maximum atomic E-state index is 12.0. The zero-order valence-electron chi connectivity index (χ0n) is 12.0. The van der Waals surface area contributed by atoms with Crippen LogP contribution in [0.1, 0.15) is 11.1 Å². The van der Waals surface area contributed by atoms with E-state index in [4.69, 9.17) is 5.11 Å². The van der Waals surface area contributed by atoms with Crippen LogP contribution in [0.4, 0.5) is 0 Å². The van der Waals surface area contributed by atoms with Crippen LogP contribution in [0.25, 0.3) is 0 Å². The number of nitrogens with one attached hydrogen (secondary N) is 1. The summed E-state index contributed by atoms with van der Waals surface area (Å²) in [6, 6.07) is 7.75. The molecule has 1 amide bonds. The SMILES string of the molecule is CN1CCN(C(=O)CNCc2ccc(CO)cc2)CC1. The number of benzene rings is 1. The fourth-order valence-corrected chi connectivity index (χ4v) is 2.24. The summed E-state index contributed by atoms with van der Waals surface area (Å²) in [5.41, 5.74) is 2.02. The Balaban J connectivity index is 1.70. The van der Waals surface area contributed by atoms with Gasteiger partial charge in [-0.25, -0.2) is 0 Å². The van der Waals surface area contributed by atoms with Gasteiger partial charge in [0, 0.05) is 32.7 Å². The molecule has 2 rings (SSSR count). The van der Waals surface area contributed by atoms with E-state index in [0.29, 0.717) is 13.1 Å². The third-order valence-electron chi connectivity index (χ3n) is 3.67. The Morgan fingerprint density at radius 2 is 1.75 bits per heavy atom. The normalized spacial score (nSPS) is 16.4. The number of aliphatic hydroxyl groups excluding tert-OH is 1. The molecule has 0 atom stereocenters. The van der Waals surface area contributed by atoms with Crippen LogP contribution >= 0.6 is 0 Å². The third-order valence-corrected chi connectivity index (χ3v) is 3.67. The highest BCUT2D eigenvalue weighted by Crippen LogP contribution is 2.04. The van der Waals surface area contributed by atoms with E-state index in [1.165, 1.54) is 0 Å². The van der Waals surface area contributed by atoms with Gasteiger partial charge in [-0.05, 0) is 18.2 Å². The third kappa shape index (κ3) is 4.30. The Hall–Kier alpha value is -1.43. The average molecular weight is 277 g/mol. The second-order valence-electron chi connectivity index (χ2n) is 5.26. The van der Waals surface area contributed by atoms with E-state index < -0.39 is 0 Å². The van der Waals surface area contributed by atoms with Crippen molar-refractivity contribution < 1.29 is 9.90 Å². The second-order valence-corrected chi connectivity index (χ2v) is 5.26. The fraction of sp³-hybridized carbons (Fsp3) is 0.533. The highest BCUT2D eigenvalue weighted by Gasteiger charge is 2.18. The van der Waals surface area contributed by atoms with Crippen LogP contribution in [-0.4, -0.2) is 60.6 Å². The van der Waals surface area contributed by atoms with E-state index in [1.54, 1.807) is 0 Å². The summed E-state index contributed by atoms with van der Waals surface area (Å²) >= 11 is 0. The number of hydrogen-bond acceptors (Lipinski definition) is 4. The molecule has 1 aliphatic rings. The van der Waals surface area contributed by atoms with Gasteiger partial charge in [-0.2, -0.15) is 0 Å². The summed E-state index contributed by atoms with van der Waals surface area (Å²) in [7, 11) is 2.08. The first-order valence-corrected chi connectivity index (χ1v) is 7.05. The number of likely N-dealkylation sites (N-methyl/N-ethyl adjacent to an activating group) is 1. The van der Waals surface area contributed by atoms with E-state index in [9.17, 15) is 4.79 Å². The van der Waals surface area contributed by atoms with Crippen LogP contribution in [0, 0.1) is 0 Å². The molecule has 1 heterocycles. The largest absolute Gasteiger partial charge is 0.392 e. The molecule has 5 nitrogen and oxygen atoms in total. The van der Waals surface area contributed by atoms with Crippen molar-refractivity contribution in [1.82, 2.24) is 15.1 Å². The molecule has 1 aromatic carbocycles. The van der Waals surface area contributed by atoms with Crippen molar-refractivity contribution in [3.63, 3.8) is 0 Å². The van der Waals surface area contributed by atoms with Crippen LogP contribution in [-0.2, 0) is 17.9 Å². The maximum Gasteiger partial charge on any atom is 0.236 e. The van der Waals surface area contributed by atoms with Crippen molar-refractivity contribution in [3.8, 4) is 0 Å². The van der Waals surface area contributed by atoms with Gasteiger partial charge < -0.3 is 20.2 Å². The number of carbonyl (C=O) groups excluding carboxylic acids is 1. The Bertz CT molecular complexity index is 425. The summed E-state index contributed by atoms with van der Waals surface area (Å²) in [6.45, 7) is 4.67. The summed E-state index contributed by atoms with van der Waals surface area (Å²) in [6.07, 6.45) is 0. The molecular formula is C15H23N3O2. The van der Waals surface area contributed by atoms with E-state index in [2.05, 4.69) is 17.3 Å². The first kappa shape index (κ1) is 15.0. The maximum absolute atomic E-state index is 12.0. The van der Waals surface area contributed by atoms with Crippen molar-refractivity contribution in [2.75, 3.05) is 39.8 Å². The lowest BCUT2D eigenvalue weighted by Gasteiger charge is -2.32. The van der Waals surface area contributed by atoms with Crippen LogP contribution in [0.3, 0.4) is 0 Å². The second kappa shape index (κ2) is 7.38. The molecule has 20 heavy (non-hydrogen) atoms. The minimum Gasteiger partial charge on any atom is -0.392 e. The predicted molar refractivity (Wildman–Crippen MR) is 78.1 cm³/mol. The Labute approximate surface area is 120 Å². The molecule has 110 valence electrons. The number of nitrogens with zero attached hydrogens (tertiary/aromatic N) is 2. The number of hydrogen-bond donors (Lipinski definition) is 2. The molecule has 1 fully saturated rings. The molecule has 5 heteroatoms. The highest BCUT2D eigenvalue weighted by atomic mass is 16.3.